The van der Waals surface area contributed by atoms with Crippen LogP contribution in [0.25, 0.3) is 0 Å². The van der Waals surface area contributed by atoms with Gasteiger partial charge in [0, 0.05) is 15.7 Å². The molecular weight excluding hydrogens is 319 g/mol. The molecule has 0 fully saturated rings. The number of benzene rings is 1. The van der Waals surface area contributed by atoms with Gasteiger partial charge in [0.2, 0.25) is 0 Å². The van der Waals surface area contributed by atoms with Crippen molar-refractivity contribution in [3.63, 3.8) is 0 Å². The van der Waals surface area contributed by atoms with E-state index in [9.17, 15) is 4.79 Å². The lowest BCUT2D eigenvalue weighted by Gasteiger charge is -2.04. The maximum atomic E-state index is 11.6. The number of halogens is 1. The fraction of sp³-hybridized carbons (Fsp3) is 0.417. The van der Waals surface area contributed by atoms with E-state index in [1.165, 1.54) is 0 Å². The second-order valence-electron chi connectivity index (χ2n) is 3.18. The van der Waals surface area contributed by atoms with Crippen molar-refractivity contribution in [2.45, 2.75) is 6.92 Å². The minimum absolute atomic E-state index is 0.00731. The van der Waals surface area contributed by atoms with Crippen molar-refractivity contribution in [1.82, 2.24) is 0 Å². The van der Waals surface area contributed by atoms with Crippen molar-refractivity contribution >= 4 is 28.4 Å². The van der Waals surface area contributed by atoms with Crippen LogP contribution in [0.15, 0.2) is 24.3 Å². The summed E-state index contributed by atoms with van der Waals surface area (Å²) in [5, 5.41) is 0. The van der Waals surface area contributed by atoms with Crippen molar-refractivity contribution < 1.29 is 14.3 Å². The molecular formula is C12H15IO3. The first-order valence-electron chi connectivity index (χ1n) is 5.18. The van der Waals surface area contributed by atoms with Crippen LogP contribution in [0.2, 0.25) is 0 Å². The first-order chi connectivity index (χ1) is 7.74. The van der Waals surface area contributed by atoms with Crippen LogP contribution in [-0.2, 0) is 9.47 Å². The average Bonchev–Trinajstić information content (AvgIpc) is 2.29. The van der Waals surface area contributed by atoms with Gasteiger partial charge >= 0.3 is 0 Å². The van der Waals surface area contributed by atoms with E-state index >= 15 is 0 Å². The molecule has 1 aromatic carbocycles. The topological polar surface area (TPSA) is 35.5 Å². The Bertz CT molecular complexity index is 322. The Kier molecular flexibility index (Phi) is 6.59. The largest absolute Gasteiger partial charge is 0.379 e. The normalized spacial score (nSPS) is 10.4. The fourth-order valence-corrected chi connectivity index (χ4v) is 1.51. The van der Waals surface area contributed by atoms with Gasteiger partial charge in [-0.1, -0.05) is 12.1 Å². The number of carbonyl (C=O) groups excluding carboxylic acids is 1. The molecule has 0 radical (unpaired) electrons. The van der Waals surface area contributed by atoms with Crippen LogP contribution in [0.4, 0.5) is 0 Å². The summed E-state index contributed by atoms with van der Waals surface area (Å²) in [6.07, 6.45) is 0. The lowest BCUT2D eigenvalue weighted by Crippen LogP contribution is -2.12. The lowest BCUT2D eigenvalue weighted by atomic mass is 10.1. The molecule has 4 heteroatoms. The first-order valence-corrected chi connectivity index (χ1v) is 6.26. The standard InChI is InChI=1S/C12H15IO3/c1-2-15-7-8-16-9-12(14)10-3-5-11(13)6-4-10/h3-6H,2,7-9H2,1H3. The first kappa shape index (κ1) is 13.6. The van der Waals surface area contributed by atoms with Crippen LogP contribution in [0.3, 0.4) is 0 Å². The SMILES string of the molecule is CCOCCOCC(=O)c1ccc(I)cc1. The number of hydrogen-bond donors (Lipinski definition) is 0. The third kappa shape index (κ3) is 5.05. The van der Waals surface area contributed by atoms with Crippen LogP contribution in [0.5, 0.6) is 0 Å². The number of carbonyl (C=O) groups is 1. The second-order valence-corrected chi connectivity index (χ2v) is 4.43. The van der Waals surface area contributed by atoms with Gasteiger partial charge in [0.05, 0.1) is 13.2 Å². The smallest absolute Gasteiger partial charge is 0.188 e. The van der Waals surface area contributed by atoms with E-state index in [4.69, 9.17) is 9.47 Å². The van der Waals surface area contributed by atoms with Crippen molar-refractivity contribution in [1.29, 1.82) is 0 Å². The minimum atomic E-state index is 0.00731. The summed E-state index contributed by atoms with van der Waals surface area (Å²) in [5.41, 5.74) is 0.692. The molecule has 88 valence electrons. The van der Waals surface area contributed by atoms with Gasteiger partial charge in [-0.25, -0.2) is 0 Å². The number of hydrogen-bond acceptors (Lipinski definition) is 3. The molecule has 0 aromatic heterocycles. The van der Waals surface area contributed by atoms with E-state index in [1.807, 2.05) is 31.2 Å². The van der Waals surface area contributed by atoms with Crippen molar-refractivity contribution in [3.05, 3.63) is 33.4 Å². The quantitative estimate of drug-likeness (QED) is 0.437. The van der Waals surface area contributed by atoms with Crippen molar-refractivity contribution in [2.75, 3.05) is 26.4 Å². The zero-order valence-corrected chi connectivity index (χ0v) is 11.4. The second kappa shape index (κ2) is 7.76. The van der Waals surface area contributed by atoms with E-state index in [-0.39, 0.29) is 12.4 Å². The van der Waals surface area contributed by atoms with Gasteiger partial charge in [0.1, 0.15) is 6.61 Å². The molecule has 0 atom stereocenters. The maximum Gasteiger partial charge on any atom is 0.188 e. The molecule has 0 aliphatic carbocycles. The Hall–Kier alpha value is -0.460. The maximum absolute atomic E-state index is 11.6. The molecule has 1 aromatic rings. The van der Waals surface area contributed by atoms with Gasteiger partial charge < -0.3 is 9.47 Å². The summed E-state index contributed by atoms with van der Waals surface area (Å²) >= 11 is 2.20. The van der Waals surface area contributed by atoms with E-state index in [1.54, 1.807) is 0 Å². The van der Waals surface area contributed by atoms with Gasteiger partial charge in [-0.2, -0.15) is 0 Å². The average molecular weight is 334 g/mol. The summed E-state index contributed by atoms with van der Waals surface area (Å²) in [4.78, 5) is 11.6. The summed E-state index contributed by atoms with van der Waals surface area (Å²) in [6.45, 7) is 3.72. The summed E-state index contributed by atoms with van der Waals surface area (Å²) in [5.74, 6) is 0.00731. The molecule has 0 unspecified atom stereocenters. The lowest BCUT2D eigenvalue weighted by molar-refractivity contribution is 0.0475. The minimum Gasteiger partial charge on any atom is -0.379 e. The Morgan fingerprint density at radius 1 is 1.19 bits per heavy atom. The molecule has 1 rings (SSSR count). The van der Waals surface area contributed by atoms with Crippen LogP contribution in [0.1, 0.15) is 17.3 Å². The third-order valence-electron chi connectivity index (χ3n) is 1.98. The Morgan fingerprint density at radius 3 is 2.44 bits per heavy atom. The number of ether oxygens (including phenoxy) is 2. The monoisotopic (exact) mass is 334 g/mol. The van der Waals surface area contributed by atoms with Gasteiger partial charge in [-0.3, -0.25) is 4.79 Å². The highest BCUT2D eigenvalue weighted by atomic mass is 127. The molecule has 0 saturated carbocycles. The van der Waals surface area contributed by atoms with E-state index in [2.05, 4.69) is 22.6 Å². The third-order valence-corrected chi connectivity index (χ3v) is 2.69. The predicted octanol–water partition coefficient (Wildman–Crippen LogP) is 2.53. The molecule has 0 spiro atoms. The highest BCUT2D eigenvalue weighted by Crippen LogP contribution is 2.07. The molecule has 3 nitrogen and oxygen atoms in total. The fourth-order valence-electron chi connectivity index (χ4n) is 1.15. The summed E-state index contributed by atoms with van der Waals surface area (Å²) in [7, 11) is 0. The molecule has 0 heterocycles. The van der Waals surface area contributed by atoms with Crippen LogP contribution in [0, 0.1) is 3.57 Å². The molecule has 0 aliphatic heterocycles. The van der Waals surface area contributed by atoms with E-state index in [0.29, 0.717) is 25.4 Å². The van der Waals surface area contributed by atoms with Crippen LogP contribution < -0.4 is 0 Å². The highest BCUT2D eigenvalue weighted by Gasteiger charge is 2.05. The van der Waals surface area contributed by atoms with Gasteiger partial charge in [0.15, 0.2) is 5.78 Å². The van der Waals surface area contributed by atoms with Gasteiger partial charge in [-0.05, 0) is 41.6 Å². The van der Waals surface area contributed by atoms with Gasteiger partial charge in [-0.15, -0.1) is 0 Å². The van der Waals surface area contributed by atoms with E-state index < -0.39 is 0 Å². The molecule has 0 aliphatic rings. The van der Waals surface area contributed by atoms with Crippen molar-refractivity contribution in [2.24, 2.45) is 0 Å². The predicted molar refractivity (Wildman–Crippen MR) is 70.8 cm³/mol. The zero-order chi connectivity index (χ0) is 11.8. The Labute approximate surface area is 109 Å². The zero-order valence-electron chi connectivity index (χ0n) is 9.24. The van der Waals surface area contributed by atoms with Crippen LogP contribution >= 0.6 is 22.6 Å². The summed E-state index contributed by atoms with van der Waals surface area (Å²) in [6, 6.07) is 7.45. The van der Waals surface area contributed by atoms with Gasteiger partial charge in [0.25, 0.3) is 0 Å². The van der Waals surface area contributed by atoms with Crippen molar-refractivity contribution in [3.8, 4) is 0 Å². The van der Waals surface area contributed by atoms with Crippen LogP contribution in [-0.4, -0.2) is 32.2 Å². The Balaban J connectivity index is 2.27. The Morgan fingerprint density at radius 2 is 1.81 bits per heavy atom. The molecule has 16 heavy (non-hydrogen) atoms. The molecule has 0 amide bonds. The number of rotatable bonds is 7. The number of Topliss-reactive ketones (excluding diaryl/α,β-unsaturated/α-hetero) is 1. The van der Waals surface area contributed by atoms with E-state index in [0.717, 1.165) is 3.57 Å². The highest BCUT2D eigenvalue weighted by molar-refractivity contribution is 14.1. The molecule has 0 N–H and O–H groups in total. The summed E-state index contributed by atoms with van der Waals surface area (Å²) < 4.78 is 11.4. The molecule has 0 bridgehead atoms. The number of ketones is 1. The molecule has 0 saturated heterocycles.